The second-order valence-electron chi connectivity index (χ2n) is 5.28. The van der Waals surface area contributed by atoms with Gasteiger partial charge in [0.25, 0.3) is 0 Å². The Morgan fingerprint density at radius 1 is 1.40 bits per heavy atom. The Morgan fingerprint density at radius 2 is 2.05 bits per heavy atom. The summed E-state index contributed by atoms with van der Waals surface area (Å²) in [6.45, 7) is 5.08. The lowest BCUT2D eigenvalue weighted by Gasteiger charge is -2.33. The molecule has 2 N–H and O–H groups in total. The molecule has 1 amide bonds. The van der Waals surface area contributed by atoms with Gasteiger partial charge in [0.2, 0.25) is 5.91 Å². The van der Waals surface area contributed by atoms with Crippen LogP contribution in [0.4, 0.5) is 0 Å². The molecular weight excluding hydrogens is 278 g/mol. The number of ether oxygens (including phenoxy) is 1. The van der Waals surface area contributed by atoms with Crippen LogP contribution in [0.2, 0.25) is 0 Å². The molecule has 0 spiro atoms. The molecule has 1 atom stereocenters. The van der Waals surface area contributed by atoms with Gasteiger partial charge in [-0.1, -0.05) is 13.3 Å². The first-order valence-corrected chi connectivity index (χ1v) is 8.27. The molecule has 6 heteroatoms. The molecule has 116 valence electrons. The molecule has 0 saturated carbocycles. The molecule has 1 aliphatic heterocycles. The minimum atomic E-state index is -0.859. The van der Waals surface area contributed by atoms with Gasteiger partial charge in [0.15, 0.2) is 0 Å². The molecule has 20 heavy (non-hydrogen) atoms. The molecule has 1 unspecified atom stereocenters. The summed E-state index contributed by atoms with van der Waals surface area (Å²) in [5.41, 5.74) is -0.859. The van der Waals surface area contributed by atoms with Crippen LogP contribution in [0, 0.1) is 5.41 Å². The van der Waals surface area contributed by atoms with E-state index in [0.717, 1.165) is 18.6 Å². The summed E-state index contributed by atoms with van der Waals surface area (Å²) in [4.78, 5) is 23.4. The molecule has 1 heterocycles. The van der Waals surface area contributed by atoms with Crippen molar-refractivity contribution in [3.8, 4) is 0 Å². The van der Waals surface area contributed by atoms with Crippen molar-refractivity contribution in [2.24, 2.45) is 5.41 Å². The quantitative estimate of drug-likeness (QED) is 0.670. The first-order valence-electron chi connectivity index (χ1n) is 7.22. The topological polar surface area (TPSA) is 75.6 Å². The molecule has 0 aromatic heterocycles. The Bertz CT molecular complexity index is 329. The van der Waals surface area contributed by atoms with Gasteiger partial charge in [-0.3, -0.25) is 9.59 Å². The maximum Gasteiger partial charge on any atom is 0.311 e. The smallest absolute Gasteiger partial charge is 0.311 e. The molecule has 0 radical (unpaired) electrons. The third-order valence-corrected chi connectivity index (χ3v) is 4.98. The highest BCUT2D eigenvalue weighted by atomic mass is 32.2. The zero-order chi connectivity index (χ0) is 15.0. The van der Waals surface area contributed by atoms with Crippen molar-refractivity contribution < 1.29 is 19.4 Å². The second-order valence-corrected chi connectivity index (χ2v) is 6.73. The van der Waals surface area contributed by atoms with Crippen LogP contribution in [0.5, 0.6) is 0 Å². The normalized spacial score (nSPS) is 19.3. The molecule has 0 aromatic rings. The zero-order valence-corrected chi connectivity index (χ0v) is 13.1. The van der Waals surface area contributed by atoms with E-state index in [4.69, 9.17) is 4.74 Å². The number of thioether (sulfide) groups is 1. The van der Waals surface area contributed by atoms with E-state index < -0.39 is 11.4 Å². The minimum absolute atomic E-state index is 0.0711. The number of hydrogen-bond donors (Lipinski definition) is 2. The molecule has 1 saturated heterocycles. The third kappa shape index (κ3) is 4.98. The average Bonchev–Trinajstić information content (AvgIpc) is 2.45. The Morgan fingerprint density at radius 3 is 2.60 bits per heavy atom. The van der Waals surface area contributed by atoms with E-state index in [0.29, 0.717) is 26.1 Å². The summed E-state index contributed by atoms with van der Waals surface area (Å²) in [6.07, 6.45) is 3.13. The Kier molecular flexibility index (Phi) is 7.37. The summed E-state index contributed by atoms with van der Waals surface area (Å²) in [5, 5.41) is 12.1. The maximum absolute atomic E-state index is 12.0. The highest BCUT2D eigenvalue weighted by molar-refractivity contribution is 8.00. The van der Waals surface area contributed by atoms with Crippen molar-refractivity contribution >= 4 is 23.6 Å². The number of unbranched alkanes of at least 4 members (excludes halogenated alkanes) is 1. The van der Waals surface area contributed by atoms with Gasteiger partial charge in [-0.2, -0.15) is 0 Å². The van der Waals surface area contributed by atoms with E-state index >= 15 is 0 Å². The third-order valence-electron chi connectivity index (χ3n) is 3.74. The van der Waals surface area contributed by atoms with Crippen LogP contribution in [0.1, 0.15) is 39.5 Å². The largest absolute Gasteiger partial charge is 0.481 e. The van der Waals surface area contributed by atoms with Gasteiger partial charge < -0.3 is 15.2 Å². The lowest BCUT2D eigenvalue weighted by molar-refractivity contribution is -0.154. The fourth-order valence-electron chi connectivity index (χ4n) is 2.11. The summed E-state index contributed by atoms with van der Waals surface area (Å²) in [6, 6.07) is 0. The molecule has 1 rings (SSSR count). The standard InChI is InChI=1S/C14H25NO4S/c1-3-4-9-20-11(2)12(16)15-10-14(13(17)18)5-7-19-8-6-14/h11H,3-10H2,1-2H3,(H,15,16)(H,17,18). The van der Waals surface area contributed by atoms with Crippen molar-refractivity contribution in [2.45, 2.75) is 44.8 Å². The van der Waals surface area contributed by atoms with E-state index in [1.54, 1.807) is 11.8 Å². The lowest BCUT2D eigenvalue weighted by atomic mass is 9.80. The number of rotatable bonds is 8. The van der Waals surface area contributed by atoms with E-state index in [1.165, 1.54) is 0 Å². The van der Waals surface area contributed by atoms with Crippen LogP contribution in [0.15, 0.2) is 0 Å². The fraction of sp³-hybridized carbons (Fsp3) is 0.857. The van der Waals surface area contributed by atoms with Crippen LogP contribution >= 0.6 is 11.8 Å². The van der Waals surface area contributed by atoms with E-state index in [-0.39, 0.29) is 17.7 Å². The van der Waals surface area contributed by atoms with Crippen LogP contribution in [-0.4, -0.2) is 47.7 Å². The predicted octanol–water partition coefficient (Wildman–Crippen LogP) is 1.91. The first kappa shape index (κ1) is 17.3. The molecule has 0 bridgehead atoms. The van der Waals surface area contributed by atoms with Gasteiger partial charge in [-0.25, -0.2) is 0 Å². The van der Waals surface area contributed by atoms with Crippen LogP contribution in [0.3, 0.4) is 0 Å². The average molecular weight is 303 g/mol. The number of carboxylic acid groups (broad SMARTS) is 1. The Labute approximate surface area is 124 Å². The van der Waals surface area contributed by atoms with Gasteiger partial charge in [0, 0.05) is 19.8 Å². The molecule has 0 aromatic carbocycles. The first-order chi connectivity index (χ1) is 9.52. The Hall–Kier alpha value is -0.750. The number of nitrogens with one attached hydrogen (secondary N) is 1. The van der Waals surface area contributed by atoms with Crippen molar-refractivity contribution in [3.05, 3.63) is 0 Å². The van der Waals surface area contributed by atoms with Crippen LogP contribution in [0.25, 0.3) is 0 Å². The van der Waals surface area contributed by atoms with E-state index in [1.807, 2.05) is 6.92 Å². The maximum atomic E-state index is 12.0. The second kappa shape index (κ2) is 8.52. The Balaban J connectivity index is 2.42. The fourth-order valence-corrected chi connectivity index (χ4v) is 3.15. The summed E-state index contributed by atoms with van der Waals surface area (Å²) in [5.74, 6) is 0.0498. The van der Waals surface area contributed by atoms with Gasteiger partial charge in [-0.15, -0.1) is 11.8 Å². The van der Waals surface area contributed by atoms with Crippen molar-refractivity contribution in [2.75, 3.05) is 25.5 Å². The monoisotopic (exact) mass is 303 g/mol. The number of carboxylic acids is 1. The highest BCUT2D eigenvalue weighted by Crippen LogP contribution is 2.30. The highest BCUT2D eigenvalue weighted by Gasteiger charge is 2.40. The lowest BCUT2D eigenvalue weighted by Crippen LogP contribution is -2.47. The van der Waals surface area contributed by atoms with Crippen LogP contribution < -0.4 is 5.32 Å². The van der Waals surface area contributed by atoms with Gasteiger partial charge in [0.05, 0.1) is 10.7 Å². The predicted molar refractivity (Wildman–Crippen MR) is 80.0 cm³/mol. The number of carbonyl (C=O) groups is 2. The van der Waals surface area contributed by atoms with E-state index in [2.05, 4.69) is 12.2 Å². The molecular formula is C14H25NO4S. The summed E-state index contributed by atoms with van der Waals surface area (Å²) >= 11 is 1.62. The molecule has 1 aliphatic rings. The number of amides is 1. The van der Waals surface area contributed by atoms with Crippen LogP contribution in [-0.2, 0) is 14.3 Å². The van der Waals surface area contributed by atoms with E-state index in [9.17, 15) is 14.7 Å². The number of hydrogen-bond acceptors (Lipinski definition) is 4. The minimum Gasteiger partial charge on any atom is -0.481 e. The zero-order valence-electron chi connectivity index (χ0n) is 12.3. The SMILES string of the molecule is CCCCSC(C)C(=O)NCC1(C(=O)O)CCOCC1. The van der Waals surface area contributed by atoms with Gasteiger partial charge in [0.1, 0.15) is 0 Å². The van der Waals surface area contributed by atoms with Crippen molar-refractivity contribution in [3.63, 3.8) is 0 Å². The summed E-state index contributed by atoms with van der Waals surface area (Å²) in [7, 11) is 0. The number of aliphatic carboxylic acids is 1. The van der Waals surface area contributed by atoms with Gasteiger partial charge in [-0.05, 0) is 31.9 Å². The molecule has 1 fully saturated rings. The van der Waals surface area contributed by atoms with Crippen molar-refractivity contribution in [1.29, 1.82) is 0 Å². The molecule has 5 nitrogen and oxygen atoms in total. The van der Waals surface area contributed by atoms with Gasteiger partial charge >= 0.3 is 5.97 Å². The number of carbonyl (C=O) groups excluding carboxylic acids is 1. The summed E-state index contributed by atoms with van der Waals surface area (Å²) < 4.78 is 5.21. The van der Waals surface area contributed by atoms with Crippen molar-refractivity contribution in [1.82, 2.24) is 5.32 Å². The molecule has 0 aliphatic carbocycles.